The van der Waals surface area contributed by atoms with Crippen molar-refractivity contribution in [2.75, 3.05) is 33.2 Å². The number of carbonyl (C=O) groups is 1. The average Bonchev–Trinajstić information content (AvgIpc) is 3.05. The molecule has 1 spiro atoms. The Morgan fingerprint density at radius 1 is 1.12 bits per heavy atom. The fraction of sp³-hybridized carbons (Fsp3) is 0.923. The van der Waals surface area contributed by atoms with Crippen molar-refractivity contribution in [1.29, 1.82) is 0 Å². The van der Waals surface area contributed by atoms with Gasteiger partial charge in [0.25, 0.3) is 0 Å². The number of piperidine rings is 1. The number of hydrogen-bond donors (Lipinski definition) is 0. The number of hydrogen-bond acceptors (Lipinski definition) is 2. The van der Waals surface area contributed by atoms with Crippen LogP contribution in [0.1, 0.15) is 32.1 Å². The lowest BCUT2D eigenvalue weighted by Crippen LogP contribution is -2.40. The fourth-order valence-electron chi connectivity index (χ4n) is 3.21. The molecule has 2 aliphatic heterocycles. The third-order valence-corrected chi connectivity index (χ3v) is 4.72. The monoisotopic (exact) mass is 222 g/mol. The molecular formula is C13H22N2O. The summed E-state index contributed by atoms with van der Waals surface area (Å²) in [6, 6.07) is 0. The molecule has 0 radical (unpaired) electrons. The van der Waals surface area contributed by atoms with Crippen molar-refractivity contribution in [3.05, 3.63) is 0 Å². The van der Waals surface area contributed by atoms with E-state index in [1.807, 2.05) is 0 Å². The molecule has 3 aliphatic rings. The molecule has 0 bridgehead atoms. The molecule has 1 aliphatic carbocycles. The van der Waals surface area contributed by atoms with Gasteiger partial charge in [-0.15, -0.1) is 0 Å². The Hall–Kier alpha value is -0.570. The predicted molar refractivity (Wildman–Crippen MR) is 63.1 cm³/mol. The molecule has 90 valence electrons. The molecule has 3 heteroatoms. The fourth-order valence-corrected chi connectivity index (χ4v) is 3.21. The Kier molecular flexibility index (Phi) is 2.46. The van der Waals surface area contributed by atoms with Gasteiger partial charge in [-0.05, 0) is 57.7 Å². The first kappa shape index (κ1) is 10.6. The molecule has 0 aromatic heterocycles. The van der Waals surface area contributed by atoms with Crippen molar-refractivity contribution in [1.82, 2.24) is 9.80 Å². The van der Waals surface area contributed by atoms with Crippen LogP contribution in [-0.2, 0) is 4.79 Å². The average molecular weight is 222 g/mol. The summed E-state index contributed by atoms with van der Waals surface area (Å²) in [5.74, 6) is 0.859. The van der Waals surface area contributed by atoms with Crippen LogP contribution in [0.5, 0.6) is 0 Å². The van der Waals surface area contributed by atoms with E-state index in [4.69, 9.17) is 0 Å². The normalized spacial score (nSPS) is 29.9. The molecular weight excluding hydrogens is 200 g/mol. The van der Waals surface area contributed by atoms with Gasteiger partial charge in [0.15, 0.2) is 0 Å². The Morgan fingerprint density at radius 2 is 1.75 bits per heavy atom. The Morgan fingerprint density at radius 3 is 2.38 bits per heavy atom. The zero-order chi connectivity index (χ0) is 11.2. The van der Waals surface area contributed by atoms with Crippen molar-refractivity contribution in [3.8, 4) is 0 Å². The molecule has 0 aromatic carbocycles. The van der Waals surface area contributed by atoms with E-state index in [9.17, 15) is 4.79 Å². The zero-order valence-corrected chi connectivity index (χ0v) is 10.2. The lowest BCUT2D eigenvalue weighted by atomic mass is 9.78. The second-order valence-electron chi connectivity index (χ2n) is 6.09. The smallest absolute Gasteiger partial charge is 0.225 e. The van der Waals surface area contributed by atoms with E-state index in [-0.39, 0.29) is 0 Å². The molecule has 1 amide bonds. The number of rotatable bonds is 1. The molecule has 3 fully saturated rings. The van der Waals surface area contributed by atoms with E-state index in [2.05, 4.69) is 16.8 Å². The molecule has 2 heterocycles. The van der Waals surface area contributed by atoms with Crippen LogP contribution in [0.4, 0.5) is 0 Å². The third kappa shape index (κ3) is 1.86. The van der Waals surface area contributed by atoms with Gasteiger partial charge in [-0.2, -0.15) is 0 Å². The number of amides is 1. The van der Waals surface area contributed by atoms with Crippen LogP contribution >= 0.6 is 0 Å². The maximum absolute atomic E-state index is 12.0. The highest BCUT2D eigenvalue weighted by Crippen LogP contribution is 2.42. The molecule has 3 nitrogen and oxygen atoms in total. The summed E-state index contributed by atoms with van der Waals surface area (Å²) in [5.41, 5.74) is 0.483. The molecule has 16 heavy (non-hydrogen) atoms. The molecule has 0 unspecified atom stereocenters. The lowest BCUT2D eigenvalue weighted by molar-refractivity contribution is -0.132. The summed E-state index contributed by atoms with van der Waals surface area (Å²) in [6.45, 7) is 4.51. The minimum absolute atomic E-state index is 0.404. The summed E-state index contributed by atoms with van der Waals surface area (Å²) in [6.07, 6.45) is 6.12. The van der Waals surface area contributed by atoms with Gasteiger partial charge in [0, 0.05) is 19.0 Å². The van der Waals surface area contributed by atoms with E-state index in [0.29, 0.717) is 17.2 Å². The largest absolute Gasteiger partial charge is 0.342 e. The van der Waals surface area contributed by atoms with Crippen LogP contribution in [0.15, 0.2) is 0 Å². The van der Waals surface area contributed by atoms with Crippen LogP contribution in [-0.4, -0.2) is 48.9 Å². The van der Waals surface area contributed by atoms with Crippen LogP contribution in [0.3, 0.4) is 0 Å². The molecule has 2 saturated heterocycles. The van der Waals surface area contributed by atoms with Gasteiger partial charge in [-0.25, -0.2) is 0 Å². The second-order valence-corrected chi connectivity index (χ2v) is 6.09. The van der Waals surface area contributed by atoms with E-state index in [1.54, 1.807) is 0 Å². The third-order valence-electron chi connectivity index (χ3n) is 4.72. The van der Waals surface area contributed by atoms with E-state index >= 15 is 0 Å². The summed E-state index contributed by atoms with van der Waals surface area (Å²) >= 11 is 0. The first-order valence-electron chi connectivity index (χ1n) is 6.66. The van der Waals surface area contributed by atoms with Crippen molar-refractivity contribution in [2.45, 2.75) is 32.1 Å². The first-order chi connectivity index (χ1) is 7.69. The van der Waals surface area contributed by atoms with Gasteiger partial charge in [-0.3, -0.25) is 4.79 Å². The second kappa shape index (κ2) is 3.73. The van der Waals surface area contributed by atoms with Crippen LogP contribution in [0, 0.1) is 11.3 Å². The minimum Gasteiger partial charge on any atom is -0.342 e. The van der Waals surface area contributed by atoms with Crippen molar-refractivity contribution < 1.29 is 4.79 Å². The topological polar surface area (TPSA) is 23.6 Å². The highest BCUT2D eigenvalue weighted by Gasteiger charge is 2.44. The Bertz CT molecular complexity index is 290. The Balaban J connectivity index is 1.61. The maximum atomic E-state index is 12.0. The maximum Gasteiger partial charge on any atom is 0.225 e. The summed E-state index contributed by atoms with van der Waals surface area (Å²) < 4.78 is 0. The Labute approximate surface area is 97.8 Å². The highest BCUT2D eigenvalue weighted by molar-refractivity contribution is 5.81. The van der Waals surface area contributed by atoms with Gasteiger partial charge in [0.2, 0.25) is 5.91 Å². The molecule has 0 N–H and O–H groups in total. The quantitative estimate of drug-likeness (QED) is 0.668. The van der Waals surface area contributed by atoms with E-state index in [0.717, 1.165) is 25.9 Å². The number of likely N-dealkylation sites (tertiary alicyclic amines) is 2. The van der Waals surface area contributed by atoms with Gasteiger partial charge in [-0.1, -0.05) is 0 Å². The summed E-state index contributed by atoms with van der Waals surface area (Å²) in [5, 5.41) is 0. The lowest BCUT2D eigenvalue weighted by Gasteiger charge is -2.37. The molecule has 0 atom stereocenters. The highest BCUT2D eigenvalue weighted by atomic mass is 16.2. The SMILES string of the molecule is CN1CCC2(CC1)CCN(C(=O)C1CC1)C2. The van der Waals surface area contributed by atoms with Gasteiger partial charge >= 0.3 is 0 Å². The van der Waals surface area contributed by atoms with Gasteiger partial charge in [0.1, 0.15) is 0 Å². The van der Waals surface area contributed by atoms with Crippen LogP contribution in [0.2, 0.25) is 0 Å². The van der Waals surface area contributed by atoms with Crippen molar-refractivity contribution in [2.24, 2.45) is 11.3 Å². The van der Waals surface area contributed by atoms with E-state index in [1.165, 1.54) is 32.4 Å². The molecule has 1 saturated carbocycles. The number of carbonyl (C=O) groups excluding carboxylic acids is 1. The summed E-state index contributed by atoms with van der Waals surface area (Å²) in [4.78, 5) is 16.6. The van der Waals surface area contributed by atoms with Crippen LogP contribution < -0.4 is 0 Å². The standard InChI is InChI=1S/C13H22N2O/c1-14-7-4-13(5-8-14)6-9-15(10-13)12(16)11-2-3-11/h11H,2-10H2,1H3. The molecule has 3 rings (SSSR count). The predicted octanol–water partition coefficient (Wildman–Crippen LogP) is 1.34. The van der Waals surface area contributed by atoms with Crippen molar-refractivity contribution >= 4 is 5.91 Å². The zero-order valence-electron chi connectivity index (χ0n) is 10.2. The molecule has 0 aromatic rings. The summed E-state index contributed by atoms with van der Waals surface area (Å²) in [7, 11) is 2.20. The minimum atomic E-state index is 0.404. The first-order valence-corrected chi connectivity index (χ1v) is 6.66. The van der Waals surface area contributed by atoms with Gasteiger partial charge < -0.3 is 9.80 Å². The van der Waals surface area contributed by atoms with Crippen LogP contribution in [0.25, 0.3) is 0 Å². The van der Waals surface area contributed by atoms with Gasteiger partial charge in [0.05, 0.1) is 0 Å². The van der Waals surface area contributed by atoms with E-state index < -0.39 is 0 Å². The number of nitrogens with zero attached hydrogens (tertiary/aromatic N) is 2. The van der Waals surface area contributed by atoms with Crippen molar-refractivity contribution in [3.63, 3.8) is 0 Å².